The smallest absolute Gasteiger partial charge is 0.237 e. The van der Waals surface area contributed by atoms with Crippen LogP contribution in [0.4, 0.5) is 0 Å². The summed E-state index contributed by atoms with van der Waals surface area (Å²) in [5.41, 5.74) is 0.463. The van der Waals surface area contributed by atoms with Gasteiger partial charge in [0, 0.05) is 6.54 Å². The monoisotopic (exact) mass is 246 g/mol. The molecule has 1 heterocycles. The zero-order valence-electron chi connectivity index (χ0n) is 10.1. The van der Waals surface area contributed by atoms with Gasteiger partial charge in [-0.05, 0) is 44.1 Å². The van der Waals surface area contributed by atoms with Crippen LogP contribution in [0.5, 0.6) is 0 Å². The topological polar surface area (TPSA) is 41.1 Å². The molecule has 2 N–H and O–H groups in total. The quantitative estimate of drug-likeness (QED) is 0.795. The predicted molar refractivity (Wildman–Crippen MR) is 67.9 cm³/mol. The van der Waals surface area contributed by atoms with Gasteiger partial charge in [-0.2, -0.15) is 0 Å². The maximum absolute atomic E-state index is 11.8. The first kappa shape index (κ1) is 13.8. The van der Waals surface area contributed by atoms with E-state index in [1.165, 1.54) is 32.1 Å². The Balaban J connectivity index is 0.00000128. The SMILES string of the molecule is CCC1(CNC(=O)[C@@H]2CCCCN2)CC1.Cl. The molecule has 2 aliphatic rings. The van der Waals surface area contributed by atoms with E-state index in [1.807, 2.05) is 0 Å². The molecule has 0 aromatic carbocycles. The van der Waals surface area contributed by atoms with Crippen molar-refractivity contribution in [3.05, 3.63) is 0 Å². The number of carbonyl (C=O) groups is 1. The molecule has 2 rings (SSSR count). The third-order valence-corrected chi connectivity index (χ3v) is 3.97. The van der Waals surface area contributed by atoms with E-state index >= 15 is 0 Å². The van der Waals surface area contributed by atoms with E-state index in [9.17, 15) is 4.79 Å². The van der Waals surface area contributed by atoms with Gasteiger partial charge in [-0.3, -0.25) is 4.79 Å². The van der Waals surface area contributed by atoms with Crippen molar-refractivity contribution >= 4 is 18.3 Å². The van der Waals surface area contributed by atoms with Gasteiger partial charge in [0.25, 0.3) is 0 Å². The van der Waals surface area contributed by atoms with Gasteiger partial charge in [-0.1, -0.05) is 13.3 Å². The van der Waals surface area contributed by atoms with Gasteiger partial charge in [-0.25, -0.2) is 0 Å². The standard InChI is InChI=1S/C12H22N2O.ClH/c1-2-12(6-7-12)9-14-11(15)10-5-3-4-8-13-10;/h10,13H,2-9H2,1H3,(H,14,15);1H/t10-;/m0./s1. The van der Waals surface area contributed by atoms with Crippen LogP contribution in [0.1, 0.15) is 45.4 Å². The van der Waals surface area contributed by atoms with Gasteiger partial charge in [0.15, 0.2) is 0 Å². The molecule has 0 bridgehead atoms. The summed E-state index contributed by atoms with van der Waals surface area (Å²) in [6.45, 7) is 4.11. The van der Waals surface area contributed by atoms with Crippen molar-refractivity contribution in [3.8, 4) is 0 Å². The van der Waals surface area contributed by atoms with Gasteiger partial charge in [0.1, 0.15) is 0 Å². The Morgan fingerprint density at radius 3 is 2.69 bits per heavy atom. The summed E-state index contributed by atoms with van der Waals surface area (Å²) in [4.78, 5) is 11.8. The Labute approximate surface area is 104 Å². The fourth-order valence-electron chi connectivity index (χ4n) is 2.31. The molecule has 4 heteroatoms. The summed E-state index contributed by atoms with van der Waals surface area (Å²) < 4.78 is 0. The molecule has 1 aliphatic heterocycles. The van der Waals surface area contributed by atoms with Crippen LogP contribution in [0, 0.1) is 5.41 Å². The van der Waals surface area contributed by atoms with Crippen LogP contribution in [0.25, 0.3) is 0 Å². The lowest BCUT2D eigenvalue weighted by atomic mass is 10.0. The lowest BCUT2D eigenvalue weighted by Gasteiger charge is -2.23. The predicted octanol–water partition coefficient (Wildman–Crippen LogP) is 1.86. The molecular formula is C12H23ClN2O. The molecule has 0 unspecified atom stereocenters. The highest BCUT2D eigenvalue weighted by Crippen LogP contribution is 2.47. The van der Waals surface area contributed by atoms with Crippen LogP contribution in [0.2, 0.25) is 0 Å². The molecule has 0 aromatic heterocycles. The minimum atomic E-state index is 0. The lowest BCUT2D eigenvalue weighted by molar-refractivity contribution is -0.123. The van der Waals surface area contributed by atoms with E-state index in [0.29, 0.717) is 5.41 Å². The number of hydrogen-bond acceptors (Lipinski definition) is 2. The zero-order chi connectivity index (χ0) is 10.7. The highest BCUT2D eigenvalue weighted by molar-refractivity contribution is 5.85. The normalized spacial score (nSPS) is 26.7. The van der Waals surface area contributed by atoms with Crippen LogP contribution < -0.4 is 10.6 Å². The molecular weight excluding hydrogens is 224 g/mol. The number of nitrogens with one attached hydrogen (secondary N) is 2. The first-order valence-electron chi connectivity index (χ1n) is 6.27. The van der Waals surface area contributed by atoms with E-state index < -0.39 is 0 Å². The van der Waals surface area contributed by atoms with E-state index in [0.717, 1.165) is 19.5 Å². The van der Waals surface area contributed by atoms with Crippen molar-refractivity contribution in [1.82, 2.24) is 10.6 Å². The first-order valence-corrected chi connectivity index (χ1v) is 6.27. The third kappa shape index (κ3) is 3.36. The zero-order valence-corrected chi connectivity index (χ0v) is 10.9. The van der Waals surface area contributed by atoms with Crippen LogP contribution in [0.3, 0.4) is 0 Å². The summed E-state index contributed by atoms with van der Waals surface area (Å²) in [6.07, 6.45) is 7.19. The summed E-state index contributed by atoms with van der Waals surface area (Å²) in [5, 5.41) is 6.39. The molecule has 2 fully saturated rings. The van der Waals surface area contributed by atoms with Crippen molar-refractivity contribution in [2.24, 2.45) is 5.41 Å². The Hall–Kier alpha value is -0.280. The second-order valence-electron chi connectivity index (χ2n) is 5.07. The van der Waals surface area contributed by atoms with Gasteiger partial charge < -0.3 is 10.6 Å². The van der Waals surface area contributed by atoms with E-state index in [2.05, 4.69) is 17.6 Å². The second kappa shape index (κ2) is 5.87. The fourth-order valence-corrected chi connectivity index (χ4v) is 2.31. The number of halogens is 1. The molecule has 3 nitrogen and oxygen atoms in total. The fraction of sp³-hybridized carbons (Fsp3) is 0.917. The number of hydrogen-bond donors (Lipinski definition) is 2. The highest BCUT2D eigenvalue weighted by atomic mass is 35.5. The number of rotatable bonds is 4. The summed E-state index contributed by atoms with van der Waals surface area (Å²) >= 11 is 0. The summed E-state index contributed by atoms with van der Waals surface area (Å²) in [6, 6.07) is 0.0754. The first-order chi connectivity index (χ1) is 7.26. The molecule has 94 valence electrons. The van der Waals surface area contributed by atoms with Crippen molar-refractivity contribution in [2.75, 3.05) is 13.1 Å². The highest BCUT2D eigenvalue weighted by Gasteiger charge is 2.40. The average molecular weight is 247 g/mol. The molecule has 0 aromatic rings. The molecule has 16 heavy (non-hydrogen) atoms. The van der Waals surface area contributed by atoms with Crippen molar-refractivity contribution in [1.29, 1.82) is 0 Å². The molecule has 0 spiro atoms. The van der Waals surface area contributed by atoms with Crippen LogP contribution in [-0.4, -0.2) is 25.0 Å². The number of carbonyl (C=O) groups excluding carboxylic acids is 1. The van der Waals surface area contributed by atoms with Gasteiger partial charge in [0.2, 0.25) is 5.91 Å². The third-order valence-electron chi connectivity index (χ3n) is 3.97. The largest absolute Gasteiger partial charge is 0.354 e. The number of amides is 1. The Morgan fingerprint density at radius 1 is 1.44 bits per heavy atom. The molecule has 1 saturated carbocycles. The second-order valence-corrected chi connectivity index (χ2v) is 5.07. The van der Waals surface area contributed by atoms with E-state index in [1.54, 1.807) is 0 Å². The van der Waals surface area contributed by atoms with Gasteiger partial charge in [0.05, 0.1) is 6.04 Å². The summed E-state index contributed by atoms with van der Waals surface area (Å²) in [5.74, 6) is 0.217. The Kier molecular flexibility index (Phi) is 5.06. The molecule has 1 aliphatic carbocycles. The van der Waals surface area contributed by atoms with Crippen LogP contribution in [0.15, 0.2) is 0 Å². The van der Waals surface area contributed by atoms with Crippen LogP contribution in [-0.2, 0) is 4.79 Å². The van der Waals surface area contributed by atoms with Gasteiger partial charge in [-0.15, -0.1) is 12.4 Å². The lowest BCUT2D eigenvalue weighted by Crippen LogP contribution is -2.47. The Bertz CT molecular complexity index is 235. The van der Waals surface area contributed by atoms with Crippen molar-refractivity contribution in [3.63, 3.8) is 0 Å². The number of piperidine rings is 1. The van der Waals surface area contributed by atoms with E-state index in [4.69, 9.17) is 0 Å². The molecule has 1 saturated heterocycles. The average Bonchev–Trinajstić information content (AvgIpc) is 3.08. The molecule has 1 amide bonds. The minimum absolute atomic E-state index is 0. The van der Waals surface area contributed by atoms with Gasteiger partial charge >= 0.3 is 0 Å². The minimum Gasteiger partial charge on any atom is -0.354 e. The summed E-state index contributed by atoms with van der Waals surface area (Å²) in [7, 11) is 0. The van der Waals surface area contributed by atoms with Crippen molar-refractivity contribution in [2.45, 2.75) is 51.5 Å². The van der Waals surface area contributed by atoms with Crippen molar-refractivity contribution < 1.29 is 4.79 Å². The maximum atomic E-state index is 11.8. The molecule has 1 atom stereocenters. The van der Waals surface area contributed by atoms with Crippen LogP contribution >= 0.6 is 12.4 Å². The van der Waals surface area contributed by atoms with E-state index in [-0.39, 0.29) is 24.4 Å². The molecule has 0 radical (unpaired) electrons. The maximum Gasteiger partial charge on any atom is 0.237 e. The Morgan fingerprint density at radius 2 is 2.19 bits per heavy atom.